The molecule has 1 amide bonds. The largest absolute Gasteiger partial charge is 0.325 e. The zero-order valence-corrected chi connectivity index (χ0v) is 13.3. The van der Waals surface area contributed by atoms with Crippen LogP contribution in [0, 0.1) is 19.7 Å². The Morgan fingerprint density at radius 1 is 1.24 bits per heavy atom. The molecule has 0 heterocycles. The van der Waals surface area contributed by atoms with E-state index in [1.807, 2.05) is 32.0 Å². The third-order valence-corrected chi connectivity index (χ3v) is 4.29. The van der Waals surface area contributed by atoms with E-state index >= 15 is 0 Å². The van der Waals surface area contributed by atoms with Crippen LogP contribution in [0.2, 0.25) is 5.02 Å². The van der Waals surface area contributed by atoms with Gasteiger partial charge in [0, 0.05) is 10.6 Å². The van der Waals surface area contributed by atoms with Crippen LogP contribution in [-0.4, -0.2) is 11.7 Å². The van der Waals surface area contributed by atoms with Crippen molar-refractivity contribution in [3.8, 4) is 0 Å². The molecule has 0 aliphatic rings. The van der Waals surface area contributed by atoms with Gasteiger partial charge in [-0.2, -0.15) is 0 Å². The van der Waals surface area contributed by atoms with E-state index in [0.717, 1.165) is 21.7 Å². The lowest BCUT2D eigenvalue weighted by Gasteiger charge is -2.11. The van der Waals surface area contributed by atoms with Crippen molar-refractivity contribution in [2.24, 2.45) is 0 Å². The van der Waals surface area contributed by atoms with E-state index in [4.69, 9.17) is 11.6 Å². The van der Waals surface area contributed by atoms with Gasteiger partial charge in [0.25, 0.3) is 0 Å². The number of amides is 1. The molecule has 0 fully saturated rings. The predicted octanol–water partition coefficient (Wildman–Crippen LogP) is 4.83. The summed E-state index contributed by atoms with van der Waals surface area (Å²) >= 11 is 7.03. The van der Waals surface area contributed by atoms with E-state index in [9.17, 15) is 9.18 Å². The minimum Gasteiger partial charge on any atom is -0.325 e. The fraction of sp³-hybridized carbons (Fsp3) is 0.188. The highest BCUT2D eigenvalue weighted by Crippen LogP contribution is 2.25. The zero-order valence-electron chi connectivity index (χ0n) is 11.7. The zero-order chi connectivity index (χ0) is 15.4. The number of benzene rings is 2. The van der Waals surface area contributed by atoms with Crippen molar-refractivity contribution in [1.82, 2.24) is 0 Å². The molecule has 5 heteroatoms. The maximum atomic E-state index is 13.1. The van der Waals surface area contributed by atoms with Gasteiger partial charge in [0.15, 0.2) is 0 Å². The number of nitrogens with one attached hydrogen (secondary N) is 1. The topological polar surface area (TPSA) is 29.1 Å². The number of carbonyl (C=O) groups excluding carboxylic acids is 1. The van der Waals surface area contributed by atoms with Crippen molar-refractivity contribution >= 4 is 35.0 Å². The highest BCUT2D eigenvalue weighted by atomic mass is 35.5. The molecular weight excluding hydrogens is 309 g/mol. The van der Waals surface area contributed by atoms with Crippen molar-refractivity contribution in [2.45, 2.75) is 18.7 Å². The first-order valence-electron chi connectivity index (χ1n) is 6.41. The van der Waals surface area contributed by atoms with Gasteiger partial charge < -0.3 is 5.32 Å². The van der Waals surface area contributed by atoms with Gasteiger partial charge in [0.05, 0.1) is 10.8 Å². The molecule has 0 spiro atoms. The first kappa shape index (κ1) is 15.9. The summed E-state index contributed by atoms with van der Waals surface area (Å²) in [5.41, 5.74) is 2.90. The molecule has 0 aromatic heterocycles. The summed E-state index contributed by atoms with van der Waals surface area (Å²) in [6.07, 6.45) is 0. The number of carbonyl (C=O) groups is 1. The number of hydrogen-bond donors (Lipinski definition) is 1. The molecule has 21 heavy (non-hydrogen) atoms. The Morgan fingerprint density at radius 3 is 2.52 bits per heavy atom. The highest BCUT2D eigenvalue weighted by Gasteiger charge is 2.08. The minimum absolute atomic E-state index is 0.0650. The van der Waals surface area contributed by atoms with Crippen LogP contribution in [0.3, 0.4) is 0 Å². The maximum Gasteiger partial charge on any atom is 0.234 e. The molecule has 2 aromatic rings. The van der Waals surface area contributed by atoms with Crippen LogP contribution in [0.25, 0.3) is 0 Å². The summed E-state index contributed by atoms with van der Waals surface area (Å²) in [7, 11) is 0. The molecule has 1 N–H and O–H groups in total. The maximum absolute atomic E-state index is 13.1. The Balaban J connectivity index is 1.97. The average Bonchev–Trinajstić information content (AvgIpc) is 2.44. The number of thioether (sulfide) groups is 1. The van der Waals surface area contributed by atoms with Crippen LogP contribution in [0.1, 0.15) is 11.1 Å². The molecule has 2 nitrogen and oxygen atoms in total. The van der Waals surface area contributed by atoms with Gasteiger partial charge in [-0.3, -0.25) is 4.79 Å². The van der Waals surface area contributed by atoms with Crippen molar-refractivity contribution < 1.29 is 9.18 Å². The van der Waals surface area contributed by atoms with Gasteiger partial charge in [0.2, 0.25) is 5.91 Å². The molecule has 2 rings (SSSR count). The first-order valence-corrected chi connectivity index (χ1v) is 7.77. The third-order valence-electron chi connectivity index (χ3n) is 3.01. The summed E-state index contributed by atoms with van der Waals surface area (Å²) in [5.74, 6) is -0.311. The van der Waals surface area contributed by atoms with Crippen molar-refractivity contribution in [3.63, 3.8) is 0 Å². The Morgan fingerprint density at radius 2 is 1.90 bits per heavy atom. The monoisotopic (exact) mass is 323 g/mol. The molecular formula is C16H15ClFNOS. The van der Waals surface area contributed by atoms with Crippen molar-refractivity contribution in [2.75, 3.05) is 11.1 Å². The number of hydrogen-bond acceptors (Lipinski definition) is 2. The summed E-state index contributed by atoms with van der Waals surface area (Å²) in [4.78, 5) is 12.8. The molecule has 0 atom stereocenters. The fourth-order valence-electron chi connectivity index (χ4n) is 1.90. The molecule has 0 unspecified atom stereocenters. The SMILES string of the molecule is Cc1cccc(C)c1NC(=O)CSc1ccc(F)c(Cl)c1. The van der Waals surface area contributed by atoms with Gasteiger partial charge in [-0.05, 0) is 43.2 Å². The second-order valence-corrected chi connectivity index (χ2v) is 6.14. The minimum atomic E-state index is -0.457. The average molecular weight is 324 g/mol. The lowest BCUT2D eigenvalue weighted by molar-refractivity contribution is -0.113. The van der Waals surface area contributed by atoms with Crippen molar-refractivity contribution in [3.05, 3.63) is 58.4 Å². The van der Waals surface area contributed by atoms with Gasteiger partial charge in [-0.1, -0.05) is 29.8 Å². The van der Waals surface area contributed by atoms with E-state index in [2.05, 4.69) is 5.32 Å². The Bertz CT molecular complexity index is 655. The van der Waals surface area contributed by atoms with Crippen molar-refractivity contribution in [1.29, 1.82) is 0 Å². The number of anilines is 1. The van der Waals surface area contributed by atoms with Crippen LogP contribution in [0.5, 0.6) is 0 Å². The Hall–Kier alpha value is -1.52. The lowest BCUT2D eigenvalue weighted by Crippen LogP contribution is -2.15. The lowest BCUT2D eigenvalue weighted by atomic mass is 10.1. The second-order valence-electron chi connectivity index (χ2n) is 4.68. The summed E-state index contributed by atoms with van der Waals surface area (Å²) in [6.45, 7) is 3.91. The second kappa shape index (κ2) is 6.96. The van der Waals surface area contributed by atoms with E-state index in [1.54, 1.807) is 6.07 Å². The molecule has 2 aromatic carbocycles. The molecule has 0 saturated carbocycles. The Kier molecular flexibility index (Phi) is 5.26. The summed E-state index contributed by atoms with van der Waals surface area (Å²) in [6, 6.07) is 10.3. The van der Waals surface area contributed by atoms with Gasteiger partial charge in [-0.15, -0.1) is 11.8 Å². The van der Waals surface area contributed by atoms with Crippen LogP contribution < -0.4 is 5.32 Å². The third kappa shape index (κ3) is 4.22. The molecule has 0 aliphatic carbocycles. The Labute approximate surface area is 132 Å². The molecule has 0 aliphatic heterocycles. The summed E-state index contributed by atoms with van der Waals surface area (Å²) < 4.78 is 13.1. The van der Waals surface area contributed by atoms with Crippen LogP contribution in [0.4, 0.5) is 10.1 Å². The quantitative estimate of drug-likeness (QED) is 0.817. The fourth-order valence-corrected chi connectivity index (χ4v) is 2.88. The van der Waals surface area contributed by atoms with E-state index in [0.29, 0.717) is 0 Å². The van der Waals surface area contributed by atoms with Crippen LogP contribution in [0.15, 0.2) is 41.3 Å². The van der Waals surface area contributed by atoms with Gasteiger partial charge >= 0.3 is 0 Å². The number of halogens is 2. The molecule has 110 valence electrons. The van der Waals surface area contributed by atoms with E-state index in [-0.39, 0.29) is 16.7 Å². The molecule has 0 saturated heterocycles. The molecule has 0 radical (unpaired) electrons. The number of rotatable bonds is 4. The van der Waals surface area contributed by atoms with Crippen LogP contribution >= 0.6 is 23.4 Å². The van der Waals surface area contributed by atoms with Gasteiger partial charge in [-0.25, -0.2) is 4.39 Å². The van der Waals surface area contributed by atoms with Crippen LogP contribution in [-0.2, 0) is 4.79 Å². The summed E-state index contributed by atoms with van der Waals surface area (Å²) in [5, 5.41) is 2.97. The first-order chi connectivity index (χ1) is 9.97. The molecule has 0 bridgehead atoms. The normalized spacial score (nSPS) is 10.5. The van der Waals surface area contributed by atoms with E-state index in [1.165, 1.54) is 23.9 Å². The smallest absolute Gasteiger partial charge is 0.234 e. The number of para-hydroxylation sites is 1. The highest BCUT2D eigenvalue weighted by molar-refractivity contribution is 8.00. The van der Waals surface area contributed by atoms with E-state index < -0.39 is 5.82 Å². The standard InChI is InChI=1S/C16H15ClFNOS/c1-10-4-3-5-11(2)16(10)19-15(20)9-21-12-6-7-14(18)13(17)8-12/h3-8H,9H2,1-2H3,(H,19,20). The predicted molar refractivity (Wildman–Crippen MR) is 86.7 cm³/mol. The number of aryl methyl sites for hydroxylation is 2. The van der Waals surface area contributed by atoms with Gasteiger partial charge in [0.1, 0.15) is 5.82 Å².